The fraction of sp³-hybridized carbons (Fsp3) is 0.419. The first-order valence-electron chi connectivity index (χ1n) is 13.9. The molecule has 10 nitrogen and oxygen atoms in total. The number of likely N-dealkylation sites (N-methyl/N-ethyl adjacent to an activating group) is 1. The molecule has 2 aliphatic heterocycles. The highest BCUT2D eigenvalue weighted by molar-refractivity contribution is 6.00. The normalized spacial score (nSPS) is 27.0. The second-order valence-electron chi connectivity index (χ2n) is 11.5. The lowest BCUT2D eigenvalue weighted by Crippen LogP contribution is -2.74. The summed E-state index contributed by atoms with van der Waals surface area (Å²) >= 11 is 0. The Bertz CT molecular complexity index is 1640. The van der Waals surface area contributed by atoms with Gasteiger partial charge in [0.2, 0.25) is 0 Å². The maximum Gasteiger partial charge on any atom is 0.340 e. The van der Waals surface area contributed by atoms with E-state index in [1.54, 1.807) is 33.1 Å². The number of methoxy groups -OCH3 is 1. The van der Waals surface area contributed by atoms with Gasteiger partial charge in [-0.1, -0.05) is 6.07 Å². The molecule has 10 heteroatoms. The molecular formula is C31H31N3O7. The van der Waals surface area contributed by atoms with Crippen LogP contribution in [0.1, 0.15) is 57.9 Å². The van der Waals surface area contributed by atoms with E-state index in [4.69, 9.17) is 19.2 Å². The van der Waals surface area contributed by atoms with Gasteiger partial charge in [0.05, 0.1) is 46.6 Å². The smallest absolute Gasteiger partial charge is 0.340 e. The van der Waals surface area contributed by atoms with Gasteiger partial charge in [-0.2, -0.15) is 0 Å². The third-order valence-corrected chi connectivity index (χ3v) is 9.74. The van der Waals surface area contributed by atoms with E-state index in [9.17, 15) is 20.0 Å². The highest BCUT2D eigenvalue weighted by Gasteiger charge is 2.72. The van der Waals surface area contributed by atoms with E-state index in [-0.39, 0.29) is 24.8 Å². The zero-order valence-electron chi connectivity index (χ0n) is 23.4. The summed E-state index contributed by atoms with van der Waals surface area (Å²) < 4.78 is 18.0. The van der Waals surface area contributed by atoms with Gasteiger partial charge in [0.25, 0.3) is 5.69 Å². The van der Waals surface area contributed by atoms with E-state index < -0.39 is 28.0 Å². The molecule has 1 N–H and O–H groups in total. The Morgan fingerprint density at radius 3 is 2.71 bits per heavy atom. The molecule has 2 bridgehead atoms. The van der Waals surface area contributed by atoms with Crippen molar-refractivity contribution in [2.24, 2.45) is 0 Å². The number of likely N-dealkylation sites (tertiary alicyclic amines) is 1. The van der Waals surface area contributed by atoms with Gasteiger partial charge in [0, 0.05) is 35.7 Å². The number of hydrogen-bond acceptors (Lipinski definition) is 9. The zero-order valence-corrected chi connectivity index (χ0v) is 23.4. The monoisotopic (exact) mass is 557 g/mol. The molecule has 212 valence electrons. The molecule has 2 aliphatic carbocycles. The first kappa shape index (κ1) is 25.9. The zero-order chi connectivity index (χ0) is 28.8. The number of aromatic nitrogens is 1. The average molecular weight is 558 g/mol. The van der Waals surface area contributed by atoms with E-state index >= 15 is 0 Å². The molecule has 1 fully saturated rings. The molecule has 0 saturated carbocycles. The SMILES string of the molecule is CCOC(=O)c1c(C)nc2c(c1-c1ccc([N+](=O)[O-])cc1)CC1(O)C3Cc4ccc(OC)c5c4C1(CCN3C)C2O5. The number of benzene rings is 2. The number of carbonyl (C=O) groups is 1. The first-order chi connectivity index (χ1) is 19.7. The van der Waals surface area contributed by atoms with Crippen molar-refractivity contribution in [2.75, 3.05) is 27.3 Å². The summed E-state index contributed by atoms with van der Waals surface area (Å²) in [6, 6.07) is 9.94. The van der Waals surface area contributed by atoms with Gasteiger partial charge in [-0.15, -0.1) is 0 Å². The molecule has 1 spiro atoms. The van der Waals surface area contributed by atoms with Crippen molar-refractivity contribution in [3.8, 4) is 22.6 Å². The Morgan fingerprint density at radius 1 is 1.27 bits per heavy atom. The van der Waals surface area contributed by atoms with Crippen LogP contribution >= 0.6 is 0 Å². The van der Waals surface area contributed by atoms with Crippen molar-refractivity contribution in [1.29, 1.82) is 0 Å². The van der Waals surface area contributed by atoms with Crippen molar-refractivity contribution in [3.05, 3.63) is 80.2 Å². The minimum Gasteiger partial charge on any atom is -0.493 e. The minimum atomic E-state index is -1.24. The largest absolute Gasteiger partial charge is 0.493 e. The number of nitro benzene ring substituents is 1. The summed E-state index contributed by atoms with van der Waals surface area (Å²) in [6.07, 6.45) is 0.938. The van der Waals surface area contributed by atoms with Gasteiger partial charge in [0.1, 0.15) is 0 Å². The molecular weight excluding hydrogens is 526 g/mol. The number of aliphatic hydroxyl groups is 1. The number of pyridine rings is 1. The second kappa shape index (κ2) is 8.74. The van der Waals surface area contributed by atoms with Gasteiger partial charge in [0.15, 0.2) is 17.6 Å². The topological polar surface area (TPSA) is 124 Å². The molecule has 2 aromatic carbocycles. The van der Waals surface area contributed by atoms with Gasteiger partial charge in [-0.05, 0) is 75.2 Å². The maximum atomic E-state index is 13.4. The molecule has 1 aromatic heterocycles. The number of rotatable bonds is 5. The van der Waals surface area contributed by atoms with Crippen molar-refractivity contribution in [3.63, 3.8) is 0 Å². The third-order valence-electron chi connectivity index (χ3n) is 9.74. The number of aryl methyl sites for hydroxylation is 1. The van der Waals surface area contributed by atoms with E-state index in [0.717, 1.165) is 17.7 Å². The van der Waals surface area contributed by atoms with Crippen molar-refractivity contribution in [1.82, 2.24) is 9.88 Å². The predicted octanol–water partition coefficient (Wildman–Crippen LogP) is 4.07. The molecule has 4 unspecified atom stereocenters. The number of ether oxygens (including phenoxy) is 3. The number of carbonyl (C=O) groups excluding carboxylic acids is 1. The van der Waals surface area contributed by atoms with E-state index in [1.165, 1.54) is 12.1 Å². The van der Waals surface area contributed by atoms with E-state index in [1.807, 2.05) is 13.1 Å². The maximum absolute atomic E-state index is 13.4. The Morgan fingerprint density at radius 2 is 2.02 bits per heavy atom. The molecule has 0 radical (unpaired) electrons. The van der Waals surface area contributed by atoms with Crippen molar-refractivity contribution < 1.29 is 29.0 Å². The van der Waals surface area contributed by atoms with E-state index in [2.05, 4.69) is 11.0 Å². The second-order valence-corrected chi connectivity index (χ2v) is 11.5. The van der Waals surface area contributed by atoms with Crippen molar-refractivity contribution >= 4 is 11.7 Å². The summed E-state index contributed by atoms with van der Waals surface area (Å²) in [5.41, 5.74) is 3.44. The number of piperidine rings is 1. The molecule has 0 amide bonds. The fourth-order valence-corrected chi connectivity index (χ4v) is 8.03. The van der Waals surface area contributed by atoms with Gasteiger partial charge in [-0.3, -0.25) is 15.1 Å². The van der Waals surface area contributed by atoms with E-state index in [0.29, 0.717) is 58.0 Å². The number of nitrogens with zero attached hydrogens (tertiary/aromatic N) is 3. The Balaban J connectivity index is 1.54. The summed E-state index contributed by atoms with van der Waals surface area (Å²) in [5, 5.41) is 24.4. The number of esters is 1. The average Bonchev–Trinajstić information content (AvgIpc) is 3.30. The standard InChI is InChI=1S/C31H31N3O7/c1-5-40-29(35)23-16(2)32-26-20(24(23)17-6-9-19(10-7-17)34(37)38)15-31(36)22-14-18-8-11-21(39-4)27-25(18)30(31,28(26)41-27)12-13-33(22)3/h6-11,22,28,36H,5,12-15H2,1-4H3. The molecule has 7 rings (SSSR count). The molecule has 3 aromatic rings. The van der Waals surface area contributed by atoms with Crippen LogP contribution in [0, 0.1) is 17.0 Å². The third kappa shape index (κ3) is 3.20. The van der Waals surface area contributed by atoms with Crippen LogP contribution in [0.2, 0.25) is 0 Å². The van der Waals surface area contributed by atoms with Gasteiger partial charge >= 0.3 is 5.97 Å². The lowest BCUT2D eigenvalue weighted by atomic mass is 9.48. The number of hydrogen-bond donors (Lipinski definition) is 1. The highest BCUT2D eigenvalue weighted by atomic mass is 16.6. The van der Waals surface area contributed by atoms with Crippen LogP contribution in [-0.2, 0) is 23.0 Å². The Hall–Kier alpha value is -4.02. The molecule has 4 atom stereocenters. The number of fused-ring (bicyclic) bond motifs is 2. The van der Waals surface area contributed by atoms with Crippen LogP contribution in [0.5, 0.6) is 11.5 Å². The van der Waals surface area contributed by atoms with Crippen LogP contribution in [-0.4, -0.2) is 64.8 Å². The van der Waals surface area contributed by atoms with Crippen LogP contribution in [0.15, 0.2) is 36.4 Å². The van der Waals surface area contributed by atoms with Gasteiger partial charge < -0.3 is 24.2 Å². The first-order valence-corrected chi connectivity index (χ1v) is 13.9. The number of nitro groups is 1. The van der Waals surface area contributed by atoms with Gasteiger partial charge in [-0.25, -0.2) is 4.79 Å². The minimum absolute atomic E-state index is 0.0544. The molecule has 1 saturated heterocycles. The lowest BCUT2D eigenvalue weighted by molar-refractivity contribution is -0.384. The van der Waals surface area contributed by atoms with Crippen LogP contribution in [0.25, 0.3) is 11.1 Å². The molecule has 4 aliphatic rings. The van der Waals surface area contributed by atoms with Crippen LogP contribution in [0.3, 0.4) is 0 Å². The Labute approximate surface area is 237 Å². The summed E-state index contributed by atoms with van der Waals surface area (Å²) in [4.78, 5) is 31.6. The van der Waals surface area contributed by atoms with Crippen LogP contribution in [0.4, 0.5) is 5.69 Å². The Kier molecular flexibility index (Phi) is 5.52. The summed E-state index contributed by atoms with van der Waals surface area (Å²) in [7, 11) is 3.66. The fourth-order valence-electron chi connectivity index (χ4n) is 8.03. The predicted molar refractivity (Wildman–Crippen MR) is 148 cm³/mol. The summed E-state index contributed by atoms with van der Waals surface area (Å²) in [5.74, 6) is 0.737. The lowest BCUT2D eigenvalue weighted by Gasteiger charge is -2.62. The molecule has 41 heavy (non-hydrogen) atoms. The number of non-ortho nitro benzene ring substituents is 1. The van der Waals surface area contributed by atoms with Crippen molar-refractivity contribution in [2.45, 2.75) is 56.3 Å². The molecule has 3 heterocycles. The summed E-state index contributed by atoms with van der Waals surface area (Å²) in [6.45, 7) is 4.48. The van der Waals surface area contributed by atoms with Crippen LogP contribution < -0.4 is 9.47 Å². The quantitative estimate of drug-likeness (QED) is 0.281. The highest BCUT2D eigenvalue weighted by Crippen LogP contribution is 2.69.